The van der Waals surface area contributed by atoms with Crippen LogP contribution in [0.2, 0.25) is 0 Å². The molecule has 1 amide bonds. The fraction of sp³-hybridized carbons (Fsp3) is 0.292. The van der Waals surface area contributed by atoms with Gasteiger partial charge in [0.15, 0.2) is 6.04 Å². The van der Waals surface area contributed by atoms with Gasteiger partial charge < -0.3 is 31.2 Å². The van der Waals surface area contributed by atoms with E-state index in [0.717, 1.165) is 35.6 Å². The molecule has 0 aromatic heterocycles. The summed E-state index contributed by atoms with van der Waals surface area (Å²) in [4.78, 5) is 33.2. The number of benzene rings is 2. The highest BCUT2D eigenvalue weighted by Crippen LogP contribution is 2.35. The fourth-order valence-electron chi connectivity index (χ4n) is 3.58. The van der Waals surface area contributed by atoms with E-state index in [0.29, 0.717) is 6.42 Å². The molecule has 0 saturated carbocycles. The number of carbonyl (C=O) groups is 3. The molecule has 0 radical (unpaired) electrons. The summed E-state index contributed by atoms with van der Waals surface area (Å²) in [5.41, 5.74) is 9.10. The van der Waals surface area contributed by atoms with Crippen molar-refractivity contribution in [3.63, 3.8) is 0 Å². The Morgan fingerprint density at radius 3 is 2.28 bits per heavy atom. The number of phenols is 1. The number of allylic oxidation sites excluding steroid dienone is 1. The number of hydrogen-bond acceptors (Lipinski definition) is 5. The lowest BCUT2D eigenvalue weighted by Gasteiger charge is -2.18. The number of amides is 1. The molecule has 8 heteroatoms. The molecule has 6 N–H and O–H groups in total. The molecule has 2 aromatic rings. The number of aliphatic carboxylic acids is 2. The molecule has 32 heavy (non-hydrogen) atoms. The predicted molar refractivity (Wildman–Crippen MR) is 116 cm³/mol. The minimum absolute atomic E-state index is 0.153. The van der Waals surface area contributed by atoms with Crippen LogP contribution in [-0.4, -0.2) is 40.1 Å². The number of phenolic OH excluding ortho intramolecular Hbond substituents is 1. The first-order chi connectivity index (χ1) is 15.1. The average molecular weight is 440 g/mol. The van der Waals surface area contributed by atoms with Crippen molar-refractivity contribution in [3.05, 3.63) is 70.8 Å². The van der Waals surface area contributed by atoms with Crippen LogP contribution in [0.1, 0.15) is 37.0 Å². The summed E-state index contributed by atoms with van der Waals surface area (Å²) in [5.74, 6) is -2.39. The van der Waals surface area contributed by atoms with Crippen LogP contribution in [-0.2, 0) is 27.2 Å². The number of nitrogens with one attached hydrogen (secondary N) is 1. The molecule has 0 aliphatic heterocycles. The summed E-state index contributed by atoms with van der Waals surface area (Å²) < 4.78 is 0. The van der Waals surface area contributed by atoms with E-state index in [1.54, 1.807) is 24.3 Å². The normalized spacial score (nSPS) is 14.0. The highest BCUT2D eigenvalue weighted by molar-refractivity contribution is 5.88. The minimum atomic E-state index is -1.08. The number of aromatic hydroxyl groups is 1. The van der Waals surface area contributed by atoms with E-state index in [1.165, 1.54) is 5.56 Å². The number of carbonyl (C=O) groups excluding carboxylic acids is 2. The number of carboxylic acids is 2. The number of carboxylic acid groups (broad SMARTS) is 2. The van der Waals surface area contributed by atoms with Gasteiger partial charge in [0.25, 0.3) is 5.91 Å². The molecule has 8 nitrogen and oxygen atoms in total. The third kappa shape index (κ3) is 6.95. The summed E-state index contributed by atoms with van der Waals surface area (Å²) >= 11 is 0. The van der Waals surface area contributed by atoms with Gasteiger partial charge >= 0.3 is 5.97 Å². The summed E-state index contributed by atoms with van der Waals surface area (Å²) in [5, 5.41) is 30.5. The molecule has 0 heterocycles. The second kappa shape index (κ2) is 11.1. The zero-order valence-electron chi connectivity index (χ0n) is 18.1. The van der Waals surface area contributed by atoms with Crippen LogP contribution in [0.4, 0.5) is 0 Å². The van der Waals surface area contributed by atoms with Crippen molar-refractivity contribution >= 4 is 23.4 Å². The van der Waals surface area contributed by atoms with Crippen molar-refractivity contribution in [2.75, 3.05) is 0 Å². The third-order valence-corrected chi connectivity index (χ3v) is 5.13. The van der Waals surface area contributed by atoms with Gasteiger partial charge in [0.2, 0.25) is 0 Å². The van der Waals surface area contributed by atoms with Crippen LogP contribution < -0.4 is 16.2 Å². The van der Waals surface area contributed by atoms with Crippen LogP contribution in [0.5, 0.6) is 5.75 Å². The van der Waals surface area contributed by atoms with E-state index in [9.17, 15) is 19.8 Å². The minimum Gasteiger partial charge on any atom is -0.550 e. The van der Waals surface area contributed by atoms with Gasteiger partial charge in [0.05, 0.1) is 0 Å². The topological polar surface area (TPSA) is 154 Å². The second-order valence-corrected chi connectivity index (χ2v) is 7.76. The van der Waals surface area contributed by atoms with E-state index >= 15 is 0 Å². The molecule has 0 unspecified atom stereocenters. The predicted octanol–water partition coefficient (Wildman–Crippen LogP) is 0.291. The molecule has 170 valence electrons. The van der Waals surface area contributed by atoms with E-state index in [4.69, 9.17) is 9.90 Å². The molecular formula is C24H28N2O6. The van der Waals surface area contributed by atoms with Crippen molar-refractivity contribution in [3.8, 4) is 5.75 Å². The van der Waals surface area contributed by atoms with Gasteiger partial charge in [-0.25, -0.2) is 4.79 Å². The van der Waals surface area contributed by atoms with E-state index in [-0.39, 0.29) is 12.2 Å². The highest BCUT2D eigenvalue weighted by atomic mass is 16.4. The maximum atomic E-state index is 12.5. The molecule has 0 fully saturated rings. The summed E-state index contributed by atoms with van der Waals surface area (Å²) in [7, 11) is 0. The Hall–Kier alpha value is -3.65. The molecule has 3 rings (SSSR count). The molecule has 1 aliphatic carbocycles. The van der Waals surface area contributed by atoms with Crippen molar-refractivity contribution in [2.24, 2.45) is 0 Å². The first kappa shape index (κ1) is 24.6. The van der Waals surface area contributed by atoms with Gasteiger partial charge in [-0.15, -0.1) is 0 Å². The Balaban J connectivity index is 0.000000837. The Morgan fingerprint density at radius 2 is 1.69 bits per heavy atom. The largest absolute Gasteiger partial charge is 0.550 e. The Labute approximate surface area is 186 Å². The monoisotopic (exact) mass is 440 g/mol. The van der Waals surface area contributed by atoms with Gasteiger partial charge in [-0.3, -0.25) is 4.79 Å². The average Bonchev–Trinajstić information content (AvgIpc) is 3.03. The number of fused-ring (bicyclic) bond motifs is 1. The van der Waals surface area contributed by atoms with Gasteiger partial charge in [-0.2, -0.15) is 0 Å². The summed E-state index contributed by atoms with van der Waals surface area (Å²) in [6.07, 6.45) is 1.42. The quantitative estimate of drug-likeness (QED) is 0.485. The standard InChI is InChI=1S/C22H24N2O4.C2H4O2/c1-13-10-15-4-2-3-5-17(15)18(13)12-20(22(27)28)24-21(26)19(23)11-14-6-8-16(25)9-7-14;1-2(3)4/h2-9,19-20,25H,10-12,23H2,1H3,(H,24,26)(H,27,28);1H3,(H,3,4)/t19-,20-;/m0./s1. The first-order valence-corrected chi connectivity index (χ1v) is 10.2. The summed E-state index contributed by atoms with van der Waals surface area (Å²) in [6.45, 7) is 2.98. The molecular weight excluding hydrogens is 412 g/mol. The van der Waals surface area contributed by atoms with Crippen LogP contribution in [0.25, 0.3) is 5.57 Å². The van der Waals surface area contributed by atoms with Gasteiger partial charge in [-0.1, -0.05) is 42.0 Å². The maximum Gasteiger partial charge on any atom is 0.326 e. The lowest BCUT2D eigenvalue weighted by atomic mass is 9.98. The number of hydrogen-bond donors (Lipinski definition) is 4. The van der Waals surface area contributed by atoms with E-state index in [2.05, 4.69) is 11.1 Å². The van der Waals surface area contributed by atoms with Crippen molar-refractivity contribution in [1.82, 2.24) is 5.32 Å². The molecule has 0 spiro atoms. The van der Waals surface area contributed by atoms with Crippen LogP contribution in [0.3, 0.4) is 0 Å². The molecule has 0 saturated heterocycles. The maximum absolute atomic E-state index is 12.5. The lowest BCUT2D eigenvalue weighted by Crippen LogP contribution is -2.69. The number of quaternary nitrogens is 1. The highest BCUT2D eigenvalue weighted by Gasteiger charge is 2.29. The molecule has 2 atom stereocenters. The molecule has 0 bridgehead atoms. The molecule has 2 aromatic carbocycles. The first-order valence-electron chi connectivity index (χ1n) is 10.2. The number of rotatable bonds is 7. The van der Waals surface area contributed by atoms with E-state index in [1.807, 2.05) is 31.2 Å². The third-order valence-electron chi connectivity index (χ3n) is 5.13. The zero-order chi connectivity index (χ0) is 23.8. The Morgan fingerprint density at radius 1 is 1.09 bits per heavy atom. The fourth-order valence-corrected chi connectivity index (χ4v) is 3.58. The van der Waals surface area contributed by atoms with Crippen LogP contribution >= 0.6 is 0 Å². The Bertz CT molecular complexity index is 1010. The van der Waals surface area contributed by atoms with E-state index < -0.39 is 29.9 Å². The smallest absolute Gasteiger partial charge is 0.326 e. The molecule has 1 aliphatic rings. The second-order valence-electron chi connectivity index (χ2n) is 7.76. The van der Waals surface area contributed by atoms with Crippen LogP contribution in [0, 0.1) is 0 Å². The lowest BCUT2D eigenvalue weighted by molar-refractivity contribution is -0.403. The van der Waals surface area contributed by atoms with Gasteiger partial charge in [0, 0.05) is 18.8 Å². The summed E-state index contributed by atoms with van der Waals surface area (Å²) in [6, 6.07) is 12.9. The van der Waals surface area contributed by atoms with Crippen LogP contribution in [0.15, 0.2) is 54.1 Å². The Kier molecular flexibility index (Phi) is 8.54. The zero-order valence-corrected chi connectivity index (χ0v) is 18.1. The van der Waals surface area contributed by atoms with Gasteiger partial charge in [-0.05, 0) is 54.7 Å². The SMILES string of the molecule is CC(=O)[O-].CC1=C(C[C@H](NC(=O)[C@@H]([NH3+])Cc2ccc(O)cc2)C(=O)O)c2ccccc2C1. The van der Waals surface area contributed by atoms with Gasteiger partial charge in [0.1, 0.15) is 11.8 Å². The van der Waals surface area contributed by atoms with Crippen molar-refractivity contribution in [1.29, 1.82) is 0 Å². The van der Waals surface area contributed by atoms with Crippen molar-refractivity contribution in [2.45, 2.75) is 45.2 Å². The van der Waals surface area contributed by atoms with Crippen molar-refractivity contribution < 1.29 is 35.4 Å².